The first-order chi connectivity index (χ1) is 12.9. The first-order valence-electron chi connectivity index (χ1n) is 8.67. The minimum Gasteiger partial charge on any atom is -0.370 e. The normalized spacial score (nSPS) is 16.5. The molecule has 27 heavy (non-hydrogen) atoms. The Morgan fingerprint density at radius 1 is 1.07 bits per heavy atom. The van der Waals surface area contributed by atoms with Crippen molar-refractivity contribution in [1.82, 2.24) is 10.2 Å². The number of aryl methyl sites for hydroxylation is 1. The standard InChI is InChI=1S/C21H23N5O/c1-14-4-9-16(10-5-14)18(27)13-8-15-6-11-17(12-7-15)19-23-20(22)25-21(24-19)26(2)3/h4-13,19H,1-3H3,(H3,22,23,24,25)/b13-8+. The molecule has 3 N–H and O–H groups in total. The van der Waals surface area contributed by atoms with Crippen molar-refractivity contribution in [3.63, 3.8) is 0 Å². The van der Waals surface area contributed by atoms with Crippen LogP contribution in [0.2, 0.25) is 0 Å². The van der Waals surface area contributed by atoms with Gasteiger partial charge in [0.2, 0.25) is 5.96 Å². The van der Waals surface area contributed by atoms with Gasteiger partial charge in [0.25, 0.3) is 0 Å². The maximum atomic E-state index is 12.2. The summed E-state index contributed by atoms with van der Waals surface area (Å²) < 4.78 is 0. The highest BCUT2D eigenvalue weighted by Crippen LogP contribution is 2.22. The zero-order valence-electron chi connectivity index (χ0n) is 15.7. The number of nitrogens with zero attached hydrogens (tertiary/aromatic N) is 3. The van der Waals surface area contributed by atoms with E-state index in [9.17, 15) is 4.79 Å². The lowest BCUT2D eigenvalue weighted by Gasteiger charge is -2.23. The van der Waals surface area contributed by atoms with Crippen molar-refractivity contribution in [2.75, 3.05) is 14.1 Å². The number of hydrogen-bond acceptors (Lipinski definition) is 6. The molecular weight excluding hydrogens is 338 g/mol. The second-order valence-electron chi connectivity index (χ2n) is 6.59. The van der Waals surface area contributed by atoms with Gasteiger partial charge in [0.05, 0.1) is 0 Å². The molecule has 0 spiro atoms. The summed E-state index contributed by atoms with van der Waals surface area (Å²) in [5, 5.41) is 2.93. The van der Waals surface area contributed by atoms with Crippen LogP contribution in [0, 0.1) is 6.92 Å². The molecule has 0 saturated heterocycles. The number of ketones is 1. The van der Waals surface area contributed by atoms with Crippen molar-refractivity contribution >= 4 is 23.8 Å². The molecule has 0 radical (unpaired) electrons. The lowest BCUT2D eigenvalue weighted by atomic mass is 10.1. The van der Waals surface area contributed by atoms with Crippen LogP contribution in [0.15, 0.2) is 64.6 Å². The summed E-state index contributed by atoms with van der Waals surface area (Å²) in [6, 6.07) is 15.3. The van der Waals surface area contributed by atoms with E-state index in [0.29, 0.717) is 17.5 Å². The third-order valence-electron chi connectivity index (χ3n) is 4.17. The van der Waals surface area contributed by atoms with Crippen LogP contribution >= 0.6 is 0 Å². The van der Waals surface area contributed by atoms with Gasteiger partial charge in [-0.05, 0) is 24.1 Å². The third-order valence-corrected chi connectivity index (χ3v) is 4.17. The van der Waals surface area contributed by atoms with Crippen LogP contribution in [-0.4, -0.2) is 36.7 Å². The number of allylic oxidation sites excluding steroid dienone is 1. The lowest BCUT2D eigenvalue weighted by Crippen LogP contribution is -2.46. The minimum absolute atomic E-state index is 0.0185. The van der Waals surface area contributed by atoms with E-state index in [0.717, 1.165) is 16.7 Å². The Bertz CT molecular complexity index is 909. The molecule has 6 nitrogen and oxygen atoms in total. The molecule has 138 valence electrons. The molecule has 1 unspecified atom stereocenters. The van der Waals surface area contributed by atoms with Gasteiger partial charge in [-0.25, -0.2) is 9.98 Å². The summed E-state index contributed by atoms with van der Waals surface area (Å²) in [6.07, 6.45) is 3.01. The van der Waals surface area contributed by atoms with Crippen molar-refractivity contribution < 1.29 is 4.79 Å². The Kier molecular flexibility index (Phi) is 5.35. The average molecular weight is 361 g/mol. The second-order valence-corrected chi connectivity index (χ2v) is 6.59. The SMILES string of the molecule is Cc1ccc(C(=O)/C=C/c2ccc(C3N=C(N)NC(N(C)C)=N3)cc2)cc1. The van der Waals surface area contributed by atoms with E-state index in [1.54, 1.807) is 12.2 Å². The average Bonchev–Trinajstić information content (AvgIpc) is 2.66. The molecule has 3 rings (SSSR count). The van der Waals surface area contributed by atoms with E-state index in [-0.39, 0.29) is 11.9 Å². The fraction of sp³-hybridized carbons (Fsp3) is 0.190. The van der Waals surface area contributed by atoms with Crippen LogP contribution in [0.1, 0.15) is 33.2 Å². The maximum Gasteiger partial charge on any atom is 0.202 e. The maximum absolute atomic E-state index is 12.2. The Labute approximate surface area is 159 Å². The van der Waals surface area contributed by atoms with Crippen LogP contribution < -0.4 is 11.1 Å². The summed E-state index contributed by atoms with van der Waals surface area (Å²) in [6.45, 7) is 2.00. The molecule has 1 aliphatic rings. The highest BCUT2D eigenvalue weighted by atomic mass is 16.1. The fourth-order valence-electron chi connectivity index (χ4n) is 2.60. The Hall–Kier alpha value is -3.41. The molecule has 0 bridgehead atoms. The van der Waals surface area contributed by atoms with E-state index < -0.39 is 0 Å². The molecule has 0 amide bonds. The second kappa shape index (κ2) is 7.86. The smallest absolute Gasteiger partial charge is 0.202 e. The first kappa shape index (κ1) is 18.4. The Balaban J connectivity index is 1.72. The van der Waals surface area contributed by atoms with Gasteiger partial charge in [-0.1, -0.05) is 60.2 Å². The molecule has 0 fully saturated rings. The van der Waals surface area contributed by atoms with Gasteiger partial charge in [-0.2, -0.15) is 0 Å². The van der Waals surface area contributed by atoms with E-state index in [2.05, 4.69) is 15.3 Å². The van der Waals surface area contributed by atoms with Crippen LogP contribution in [0.3, 0.4) is 0 Å². The van der Waals surface area contributed by atoms with E-state index in [4.69, 9.17) is 5.73 Å². The lowest BCUT2D eigenvalue weighted by molar-refractivity contribution is 0.104. The predicted molar refractivity (Wildman–Crippen MR) is 110 cm³/mol. The molecule has 1 aliphatic heterocycles. The van der Waals surface area contributed by atoms with Gasteiger partial charge in [-0.3, -0.25) is 10.1 Å². The number of guanidine groups is 2. The predicted octanol–water partition coefficient (Wildman–Crippen LogP) is 2.73. The monoisotopic (exact) mass is 361 g/mol. The van der Waals surface area contributed by atoms with Gasteiger partial charge in [0.1, 0.15) is 0 Å². The van der Waals surface area contributed by atoms with Crippen LogP contribution in [0.5, 0.6) is 0 Å². The topological polar surface area (TPSA) is 83.1 Å². The summed E-state index contributed by atoms with van der Waals surface area (Å²) in [5.41, 5.74) is 9.52. The summed E-state index contributed by atoms with van der Waals surface area (Å²) in [7, 11) is 3.78. The van der Waals surface area contributed by atoms with Crippen molar-refractivity contribution in [2.45, 2.75) is 13.1 Å². The number of hydrogen-bond donors (Lipinski definition) is 2. The van der Waals surface area contributed by atoms with Crippen LogP contribution in [0.25, 0.3) is 6.08 Å². The number of aliphatic imine (C=N–C) groups is 2. The van der Waals surface area contributed by atoms with Crippen molar-refractivity contribution in [2.24, 2.45) is 15.7 Å². The molecule has 1 atom stereocenters. The van der Waals surface area contributed by atoms with E-state index in [1.807, 2.05) is 74.4 Å². The molecule has 1 heterocycles. The van der Waals surface area contributed by atoms with Crippen LogP contribution in [0.4, 0.5) is 0 Å². The number of carbonyl (C=O) groups excluding carboxylic acids is 1. The zero-order valence-corrected chi connectivity index (χ0v) is 15.7. The Morgan fingerprint density at radius 2 is 1.74 bits per heavy atom. The van der Waals surface area contributed by atoms with E-state index >= 15 is 0 Å². The highest BCUT2D eigenvalue weighted by Gasteiger charge is 2.17. The number of rotatable bonds is 4. The number of nitrogens with one attached hydrogen (secondary N) is 1. The largest absolute Gasteiger partial charge is 0.370 e. The van der Waals surface area contributed by atoms with Crippen molar-refractivity contribution in [3.8, 4) is 0 Å². The van der Waals surface area contributed by atoms with Crippen molar-refractivity contribution in [3.05, 3.63) is 76.9 Å². The molecule has 0 saturated carbocycles. The number of nitrogens with two attached hydrogens (primary N) is 1. The highest BCUT2D eigenvalue weighted by molar-refractivity contribution is 6.06. The molecule has 6 heteroatoms. The summed E-state index contributed by atoms with van der Waals surface area (Å²) in [5.74, 6) is 0.988. The molecular formula is C21H23N5O. The molecule has 0 aliphatic carbocycles. The zero-order chi connectivity index (χ0) is 19.4. The molecule has 0 aromatic heterocycles. The quantitative estimate of drug-likeness (QED) is 0.648. The van der Waals surface area contributed by atoms with Gasteiger partial charge in [-0.15, -0.1) is 0 Å². The third kappa shape index (κ3) is 4.61. The summed E-state index contributed by atoms with van der Waals surface area (Å²) >= 11 is 0. The first-order valence-corrected chi connectivity index (χ1v) is 8.67. The molecule has 2 aromatic rings. The molecule has 2 aromatic carbocycles. The van der Waals surface area contributed by atoms with Gasteiger partial charge < -0.3 is 10.6 Å². The van der Waals surface area contributed by atoms with Gasteiger partial charge in [0.15, 0.2) is 17.9 Å². The number of benzene rings is 2. The van der Waals surface area contributed by atoms with Crippen molar-refractivity contribution in [1.29, 1.82) is 0 Å². The van der Waals surface area contributed by atoms with Gasteiger partial charge >= 0.3 is 0 Å². The number of carbonyl (C=O) groups is 1. The van der Waals surface area contributed by atoms with Crippen LogP contribution in [-0.2, 0) is 0 Å². The van der Waals surface area contributed by atoms with Gasteiger partial charge in [0, 0.05) is 19.7 Å². The van der Waals surface area contributed by atoms with E-state index in [1.165, 1.54) is 0 Å². The fourth-order valence-corrected chi connectivity index (χ4v) is 2.60. The summed E-state index contributed by atoms with van der Waals surface area (Å²) in [4.78, 5) is 23.0. The minimum atomic E-state index is -0.379. The Morgan fingerprint density at radius 3 is 2.37 bits per heavy atom.